The molecule has 1 aliphatic heterocycles. The topological polar surface area (TPSA) is 81.7 Å². The van der Waals surface area contributed by atoms with Crippen LogP contribution in [0.2, 0.25) is 0 Å². The molecule has 0 aromatic rings. The van der Waals surface area contributed by atoms with E-state index in [1.54, 1.807) is 13.8 Å². The second kappa shape index (κ2) is 4.29. The number of hydrogen-bond donors (Lipinski definition) is 1. The number of hydrogen-bond acceptors (Lipinski definition) is 5. The third-order valence-electron chi connectivity index (χ3n) is 2.03. The van der Waals surface area contributed by atoms with Crippen molar-refractivity contribution in [3.8, 4) is 0 Å². The van der Waals surface area contributed by atoms with Crippen LogP contribution in [0.5, 0.6) is 0 Å². The second-order valence-electron chi connectivity index (χ2n) is 3.07. The normalized spacial score (nSPS) is 17.3. The molecule has 1 fully saturated rings. The third-order valence-corrected chi connectivity index (χ3v) is 2.03. The van der Waals surface area contributed by atoms with Crippen LogP contribution in [0.3, 0.4) is 0 Å². The van der Waals surface area contributed by atoms with E-state index >= 15 is 0 Å². The van der Waals surface area contributed by atoms with Crippen LogP contribution >= 0.6 is 0 Å². The molecule has 1 N–H and O–H groups in total. The molecule has 6 heteroatoms. The highest BCUT2D eigenvalue weighted by atomic mass is 16.6. The van der Waals surface area contributed by atoms with Crippen molar-refractivity contribution in [1.82, 2.24) is 5.32 Å². The minimum absolute atomic E-state index is 0.149. The summed E-state index contributed by atoms with van der Waals surface area (Å²) in [4.78, 5) is 33.7. The van der Waals surface area contributed by atoms with Crippen molar-refractivity contribution in [2.45, 2.75) is 25.8 Å². The number of esters is 2. The molecule has 0 atom stereocenters. The first-order valence-electron chi connectivity index (χ1n) is 4.72. The van der Waals surface area contributed by atoms with Crippen LogP contribution in [0.4, 0.5) is 0 Å². The van der Waals surface area contributed by atoms with Gasteiger partial charge in [-0.2, -0.15) is 0 Å². The molecule has 1 saturated heterocycles. The molecular weight excluding hydrogens is 202 g/mol. The standard InChI is InChI=1S/C9H13NO5/c1-3-14-7(12)9(5-6(11)10-9)8(13)15-4-2/h3-5H2,1-2H3,(H,10,11). The van der Waals surface area contributed by atoms with E-state index in [1.807, 2.05) is 0 Å². The van der Waals surface area contributed by atoms with Crippen LogP contribution in [-0.2, 0) is 23.9 Å². The van der Waals surface area contributed by atoms with E-state index in [-0.39, 0.29) is 25.5 Å². The average Bonchev–Trinajstić information content (AvgIpc) is 2.13. The van der Waals surface area contributed by atoms with Gasteiger partial charge in [-0.05, 0) is 13.8 Å². The molecule has 0 saturated carbocycles. The molecule has 0 bridgehead atoms. The Labute approximate surface area is 86.9 Å². The van der Waals surface area contributed by atoms with Gasteiger partial charge in [0.15, 0.2) is 0 Å². The van der Waals surface area contributed by atoms with Crippen LogP contribution in [0.15, 0.2) is 0 Å². The van der Waals surface area contributed by atoms with Crippen LogP contribution in [0.1, 0.15) is 20.3 Å². The van der Waals surface area contributed by atoms with Gasteiger partial charge in [0.1, 0.15) is 0 Å². The highest BCUT2D eigenvalue weighted by molar-refractivity contribution is 6.15. The zero-order valence-corrected chi connectivity index (χ0v) is 8.66. The Balaban J connectivity index is 2.76. The van der Waals surface area contributed by atoms with Crippen LogP contribution in [0, 0.1) is 0 Å². The fourth-order valence-electron chi connectivity index (χ4n) is 1.30. The van der Waals surface area contributed by atoms with Gasteiger partial charge in [0.05, 0.1) is 19.6 Å². The van der Waals surface area contributed by atoms with Crippen molar-refractivity contribution >= 4 is 17.8 Å². The first-order chi connectivity index (χ1) is 7.06. The van der Waals surface area contributed by atoms with E-state index in [2.05, 4.69) is 5.32 Å². The molecule has 0 spiro atoms. The van der Waals surface area contributed by atoms with E-state index in [0.29, 0.717) is 0 Å². The summed E-state index contributed by atoms with van der Waals surface area (Å²) >= 11 is 0. The van der Waals surface area contributed by atoms with Gasteiger partial charge in [0, 0.05) is 0 Å². The lowest BCUT2D eigenvalue weighted by Gasteiger charge is -2.36. The lowest BCUT2D eigenvalue weighted by molar-refractivity contribution is -0.175. The quantitative estimate of drug-likeness (QED) is 0.383. The Kier molecular flexibility index (Phi) is 3.28. The van der Waals surface area contributed by atoms with E-state index in [0.717, 1.165) is 0 Å². The van der Waals surface area contributed by atoms with Gasteiger partial charge in [-0.25, -0.2) is 9.59 Å². The van der Waals surface area contributed by atoms with Crippen molar-refractivity contribution in [2.24, 2.45) is 0 Å². The van der Waals surface area contributed by atoms with Crippen LogP contribution in [0.25, 0.3) is 0 Å². The van der Waals surface area contributed by atoms with E-state index < -0.39 is 17.5 Å². The van der Waals surface area contributed by atoms with Crippen molar-refractivity contribution in [1.29, 1.82) is 0 Å². The van der Waals surface area contributed by atoms with Gasteiger partial charge in [-0.15, -0.1) is 0 Å². The van der Waals surface area contributed by atoms with Crippen molar-refractivity contribution in [3.63, 3.8) is 0 Å². The number of β-lactam (4-membered cyclic amide) rings is 1. The highest BCUT2D eigenvalue weighted by Crippen LogP contribution is 2.23. The van der Waals surface area contributed by atoms with Gasteiger partial charge in [-0.1, -0.05) is 0 Å². The van der Waals surface area contributed by atoms with Gasteiger partial charge in [0.2, 0.25) is 11.4 Å². The summed E-state index contributed by atoms with van der Waals surface area (Å²) in [7, 11) is 0. The van der Waals surface area contributed by atoms with Gasteiger partial charge in [-0.3, -0.25) is 4.79 Å². The lowest BCUT2D eigenvalue weighted by Crippen LogP contribution is -2.71. The summed E-state index contributed by atoms with van der Waals surface area (Å²) < 4.78 is 9.42. The van der Waals surface area contributed by atoms with E-state index in [4.69, 9.17) is 9.47 Å². The number of rotatable bonds is 4. The SMILES string of the molecule is CCOC(=O)C1(C(=O)OCC)CC(=O)N1. The predicted molar refractivity (Wildman–Crippen MR) is 48.8 cm³/mol. The minimum Gasteiger partial charge on any atom is -0.464 e. The Hall–Kier alpha value is -1.59. The number of ether oxygens (including phenoxy) is 2. The maximum atomic E-state index is 11.5. The third kappa shape index (κ3) is 1.93. The Morgan fingerprint density at radius 2 is 1.67 bits per heavy atom. The molecule has 15 heavy (non-hydrogen) atoms. The number of nitrogens with one attached hydrogen (secondary N) is 1. The highest BCUT2D eigenvalue weighted by Gasteiger charge is 2.58. The Morgan fingerprint density at radius 1 is 1.27 bits per heavy atom. The summed E-state index contributed by atoms with van der Waals surface area (Å²) in [6, 6.07) is 0. The smallest absolute Gasteiger partial charge is 0.344 e. The average molecular weight is 215 g/mol. The first-order valence-corrected chi connectivity index (χ1v) is 4.72. The van der Waals surface area contributed by atoms with E-state index in [9.17, 15) is 14.4 Å². The predicted octanol–water partition coefficient (Wildman–Crippen LogP) is -0.629. The summed E-state index contributed by atoms with van der Waals surface area (Å²) in [6.07, 6.45) is -0.204. The summed E-state index contributed by atoms with van der Waals surface area (Å²) in [5, 5.41) is 2.24. The maximum Gasteiger partial charge on any atom is 0.344 e. The van der Waals surface area contributed by atoms with Gasteiger partial charge >= 0.3 is 11.9 Å². The summed E-state index contributed by atoms with van der Waals surface area (Å²) in [6.45, 7) is 3.54. The zero-order valence-electron chi connectivity index (χ0n) is 8.66. The maximum absolute atomic E-state index is 11.5. The molecule has 1 aliphatic rings. The first kappa shape index (κ1) is 11.5. The largest absolute Gasteiger partial charge is 0.464 e. The van der Waals surface area contributed by atoms with E-state index in [1.165, 1.54) is 0 Å². The number of carbonyl (C=O) groups excluding carboxylic acids is 3. The lowest BCUT2D eigenvalue weighted by atomic mass is 9.87. The van der Waals surface area contributed by atoms with Crippen molar-refractivity contribution in [3.05, 3.63) is 0 Å². The molecule has 6 nitrogen and oxygen atoms in total. The number of amides is 1. The molecule has 0 aliphatic carbocycles. The Morgan fingerprint density at radius 3 is 1.93 bits per heavy atom. The molecule has 0 unspecified atom stereocenters. The molecule has 0 aromatic carbocycles. The van der Waals surface area contributed by atoms with Crippen LogP contribution < -0.4 is 5.32 Å². The molecule has 84 valence electrons. The van der Waals surface area contributed by atoms with Crippen molar-refractivity contribution in [2.75, 3.05) is 13.2 Å². The van der Waals surface area contributed by atoms with Gasteiger partial charge < -0.3 is 14.8 Å². The molecule has 0 aromatic heterocycles. The van der Waals surface area contributed by atoms with Gasteiger partial charge in [0.25, 0.3) is 0 Å². The molecule has 1 heterocycles. The molecule has 1 amide bonds. The summed E-state index contributed by atoms with van der Waals surface area (Å²) in [5.74, 6) is -1.89. The minimum atomic E-state index is -1.61. The van der Waals surface area contributed by atoms with Crippen molar-refractivity contribution < 1.29 is 23.9 Å². The fourth-order valence-corrected chi connectivity index (χ4v) is 1.30. The number of carbonyl (C=O) groups is 3. The fraction of sp³-hybridized carbons (Fsp3) is 0.667. The van der Waals surface area contributed by atoms with Crippen LogP contribution in [-0.4, -0.2) is 36.6 Å². The molecule has 1 rings (SSSR count). The zero-order chi connectivity index (χ0) is 11.5. The monoisotopic (exact) mass is 215 g/mol. The Bertz CT molecular complexity index is 271. The summed E-state index contributed by atoms with van der Waals surface area (Å²) in [5.41, 5.74) is -1.61. The molecular formula is C9H13NO5. The second-order valence-corrected chi connectivity index (χ2v) is 3.07. The molecule has 0 radical (unpaired) electrons.